The minimum Gasteiger partial charge on any atom is -0.379 e. The number of carbonyl (C=O) groups excluding carboxylic acids is 4. The maximum atomic E-state index is 15.1. The lowest BCUT2D eigenvalue weighted by Gasteiger charge is -2.41. The number of aliphatic hydroxyl groups excluding tert-OH is 1. The number of aliphatic hydroxyl groups is 1. The van der Waals surface area contributed by atoms with Crippen LogP contribution in [0.4, 0.5) is 8.78 Å². The monoisotopic (exact) mass is 882 g/mol. The van der Waals surface area contributed by atoms with Crippen molar-refractivity contribution in [1.82, 2.24) is 25.0 Å². The zero-order valence-corrected chi connectivity index (χ0v) is 37.1. The summed E-state index contributed by atoms with van der Waals surface area (Å²) in [5, 5.41) is 16.4. The number of rotatable bonds is 29. The van der Waals surface area contributed by atoms with Crippen molar-refractivity contribution in [3.05, 3.63) is 95.8 Å². The molecule has 3 aromatic rings. The number of imide groups is 1. The van der Waals surface area contributed by atoms with Crippen molar-refractivity contribution in [1.29, 1.82) is 0 Å². The van der Waals surface area contributed by atoms with Gasteiger partial charge >= 0.3 is 0 Å². The average Bonchev–Trinajstić information content (AvgIpc) is 3.79. The molecule has 13 nitrogen and oxygen atoms in total. The predicted molar refractivity (Wildman–Crippen MR) is 238 cm³/mol. The maximum Gasteiger partial charge on any atom is 0.253 e. The number of hydrogen-bond donors (Lipinski definition) is 4. The summed E-state index contributed by atoms with van der Waals surface area (Å²) >= 11 is 1.44. The summed E-state index contributed by atoms with van der Waals surface area (Å²) in [5.74, 6) is -1.08. The molecule has 1 aliphatic heterocycles. The second kappa shape index (κ2) is 26.2. The number of thioether (sulfide) groups is 1. The number of aromatic nitrogens is 1. The van der Waals surface area contributed by atoms with Crippen LogP contribution in [0.25, 0.3) is 11.1 Å². The van der Waals surface area contributed by atoms with E-state index in [2.05, 4.69) is 31.4 Å². The molecule has 1 aromatic heterocycles. The molecule has 2 atom stereocenters. The Hall–Kier alpha value is -4.45. The summed E-state index contributed by atoms with van der Waals surface area (Å²) < 4.78 is 42.6. The number of unbranched alkanes of at least 4 members (excludes halogenated alkanes) is 2. The lowest BCUT2D eigenvalue weighted by Crippen LogP contribution is -2.44. The number of halogens is 2. The third kappa shape index (κ3) is 16.7. The fourth-order valence-corrected chi connectivity index (χ4v) is 8.04. The SMILES string of the molecule is CC(C)(C)[C@H](c1cc(-c2cc(F)ccc2F)cn1Cc1ccccc1)N(CCCN)C(=O)CSCCC(O)NCCOCCOCCNC(=O)CCCCCN1C(=O)C=CC1=O. The number of nitrogens with one attached hydrogen (secondary N) is 2. The molecule has 340 valence electrons. The molecule has 0 spiro atoms. The van der Waals surface area contributed by atoms with Crippen LogP contribution < -0.4 is 16.4 Å². The van der Waals surface area contributed by atoms with Gasteiger partial charge in [-0.3, -0.25) is 29.4 Å². The van der Waals surface area contributed by atoms with Crippen LogP contribution in [0.5, 0.6) is 0 Å². The Labute approximate surface area is 368 Å². The Morgan fingerprint density at radius 3 is 2.32 bits per heavy atom. The lowest BCUT2D eigenvalue weighted by atomic mass is 9.83. The van der Waals surface area contributed by atoms with E-state index in [4.69, 9.17) is 15.2 Å². The number of benzene rings is 2. The molecule has 1 aliphatic rings. The number of amides is 4. The number of ether oxygens (including phenoxy) is 2. The maximum absolute atomic E-state index is 15.1. The first-order chi connectivity index (χ1) is 29.8. The lowest BCUT2D eigenvalue weighted by molar-refractivity contribution is -0.137. The second-order valence-corrected chi connectivity index (χ2v) is 17.4. The first-order valence-corrected chi connectivity index (χ1v) is 22.6. The van der Waals surface area contributed by atoms with Crippen molar-refractivity contribution < 1.29 is 42.5 Å². The molecule has 0 aliphatic carbocycles. The van der Waals surface area contributed by atoms with E-state index >= 15 is 4.39 Å². The summed E-state index contributed by atoms with van der Waals surface area (Å²) in [6.07, 6.45) is 7.00. The molecule has 2 aromatic carbocycles. The summed E-state index contributed by atoms with van der Waals surface area (Å²) in [4.78, 5) is 52.3. The highest BCUT2D eigenvalue weighted by atomic mass is 32.2. The first-order valence-electron chi connectivity index (χ1n) is 21.4. The van der Waals surface area contributed by atoms with E-state index < -0.39 is 29.3 Å². The Bertz CT molecular complexity index is 1890. The summed E-state index contributed by atoms with van der Waals surface area (Å²) in [5.41, 5.74) is 8.01. The first kappa shape index (κ1) is 50.2. The second-order valence-electron chi connectivity index (χ2n) is 16.2. The van der Waals surface area contributed by atoms with Crippen molar-refractivity contribution in [3.63, 3.8) is 0 Å². The Morgan fingerprint density at radius 2 is 1.63 bits per heavy atom. The highest BCUT2D eigenvalue weighted by Crippen LogP contribution is 2.41. The van der Waals surface area contributed by atoms with Crippen LogP contribution in [-0.4, -0.2) is 120 Å². The molecule has 0 bridgehead atoms. The molecule has 4 amide bonds. The minimum atomic E-state index is -0.782. The molecule has 5 N–H and O–H groups in total. The fourth-order valence-electron chi connectivity index (χ4n) is 7.17. The zero-order chi connectivity index (χ0) is 44.9. The molecule has 1 unspecified atom stereocenters. The molecule has 16 heteroatoms. The van der Waals surface area contributed by atoms with E-state index in [9.17, 15) is 28.7 Å². The van der Waals surface area contributed by atoms with Gasteiger partial charge in [-0.05, 0) is 73.2 Å². The topological polar surface area (TPSA) is 168 Å². The molecule has 0 saturated carbocycles. The normalized spacial score (nSPS) is 13.8. The largest absolute Gasteiger partial charge is 0.379 e. The van der Waals surface area contributed by atoms with Crippen LogP contribution in [0.2, 0.25) is 0 Å². The summed E-state index contributed by atoms with van der Waals surface area (Å²) in [6, 6.07) is 14.7. The average molecular weight is 883 g/mol. The van der Waals surface area contributed by atoms with Gasteiger partial charge in [-0.2, -0.15) is 11.8 Å². The van der Waals surface area contributed by atoms with E-state index in [0.717, 1.165) is 29.8 Å². The molecular formula is C46H64F2N6O7S. The Kier molecular flexibility index (Phi) is 21.2. The van der Waals surface area contributed by atoms with Gasteiger partial charge in [-0.1, -0.05) is 57.5 Å². The van der Waals surface area contributed by atoms with E-state index in [1.807, 2.05) is 52.1 Å². The Balaban J connectivity index is 1.16. The summed E-state index contributed by atoms with van der Waals surface area (Å²) in [7, 11) is 0. The van der Waals surface area contributed by atoms with E-state index in [-0.39, 0.29) is 34.9 Å². The Morgan fingerprint density at radius 1 is 0.919 bits per heavy atom. The van der Waals surface area contributed by atoms with Crippen molar-refractivity contribution in [2.75, 3.05) is 70.7 Å². The van der Waals surface area contributed by atoms with Crippen molar-refractivity contribution in [2.24, 2.45) is 11.1 Å². The fraction of sp³-hybridized carbons (Fsp3) is 0.522. The van der Waals surface area contributed by atoms with Gasteiger partial charge in [0.1, 0.15) is 17.9 Å². The molecule has 0 radical (unpaired) electrons. The number of nitrogens with two attached hydrogens (primary N) is 1. The van der Waals surface area contributed by atoms with E-state index in [1.54, 1.807) is 0 Å². The third-order valence-corrected chi connectivity index (χ3v) is 11.2. The number of carbonyl (C=O) groups is 4. The van der Waals surface area contributed by atoms with Gasteiger partial charge in [-0.25, -0.2) is 8.78 Å². The molecule has 2 heterocycles. The highest BCUT2D eigenvalue weighted by molar-refractivity contribution is 7.99. The van der Waals surface area contributed by atoms with Gasteiger partial charge in [0.2, 0.25) is 11.8 Å². The van der Waals surface area contributed by atoms with Crippen LogP contribution in [0.15, 0.2) is 72.9 Å². The van der Waals surface area contributed by atoms with Gasteiger partial charge in [-0.15, -0.1) is 0 Å². The predicted octanol–water partition coefficient (Wildman–Crippen LogP) is 5.41. The quantitative estimate of drug-likeness (QED) is 0.0402. The van der Waals surface area contributed by atoms with Crippen molar-refractivity contribution in [3.8, 4) is 11.1 Å². The smallest absolute Gasteiger partial charge is 0.253 e. The van der Waals surface area contributed by atoms with Crippen LogP contribution in [0.3, 0.4) is 0 Å². The van der Waals surface area contributed by atoms with Crippen molar-refractivity contribution >= 4 is 35.4 Å². The third-order valence-electron chi connectivity index (χ3n) is 10.2. The summed E-state index contributed by atoms with van der Waals surface area (Å²) in [6.45, 7) is 10.1. The van der Waals surface area contributed by atoms with Crippen LogP contribution in [0, 0.1) is 17.0 Å². The van der Waals surface area contributed by atoms with Crippen molar-refractivity contribution in [2.45, 2.75) is 78.1 Å². The minimum absolute atomic E-state index is 0.0763. The standard InChI is InChI=1S/C46H64F2N6O7S/c1-46(2,3)45(39-29-35(37-30-36(47)14-15-38(37)48)32-52(39)31-34-11-6-4-7-12-34)54(23-10-19-49)44(59)33-62-28-18-41(56)51-21-25-61-27-26-60-24-20-50-40(55)13-8-5-9-22-53-42(57)16-17-43(53)58/h4,6-7,11-12,14-17,29-30,32,41,45,51,56H,5,8-10,13,18-28,31,33,49H2,1-3H3,(H,50,55)/t41?,45-/m0/s1. The molecule has 4 rings (SSSR count). The highest BCUT2D eigenvalue weighted by Gasteiger charge is 2.37. The van der Waals surface area contributed by atoms with E-state index in [1.165, 1.54) is 34.9 Å². The van der Waals surface area contributed by atoms with Gasteiger partial charge in [0.25, 0.3) is 11.8 Å². The molecular weight excluding hydrogens is 819 g/mol. The number of nitrogens with zero attached hydrogens (tertiary/aromatic N) is 3. The van der Waals surface area contributed by atoms with Crippen LogP contribution in [0.1, 0.15) is 76.6 Å². The number of hydrogen-bond acceptors (Lipinski definition) is 10. The van der Waals surface area contributed by atoms with E-state index in [0.29, 0.717) is 109 Å². The van der Waals surface area contributed by atoms with Gasteiger partial charge < -0.3 is 35.1 Å². The van der Waals surface area contributed by atoms with Gasteiger partial charge in [0.15, 0.2) is 0 Å². The van der Waals surface area contributed by atoms with Gasteiger partial charge in [0, 0.05) is 74.3 Å². The zero-order valence-electron chi connectivity index (χ0n) is 36.3. The molecule has 0 saturated heterocycles. The molecule has 62 heavy (non-hydrogen) atoms. The van der Waals surface area contributed by atoms with Crippen LogP contribution >= 0.6 is 11.8 Å². The van der Waals surface area contributed by atoms with Crippen LogP contribution in [-0.2, 0) is 35.2 Å². The van der Waals surface area contributed by atoms with Gasteiger partial charge in [0.05, 0.1) is 38.2 Å². The molecule has 0 fully saturated rings.